The summed E-state index contributed by atoms with van der Waals surface area (Å²) in [5.74, 6) is 1.01. The Morgan fingerprint density at radius 2 is 1.41 bits per heavy atom. The Kier molecular flexibility index (Phi) is 3.55. The van der Waals surface area contributed by atoms with Crippen LogP contribution in [-0.2, 0) is 5.41 Å². The molecule has 2 unspecified atom stereocenters. The Balaban J connectivity index is 2.15. The second-order valence-electron chi connectivity index (χ2n) is 7.77. The van der Waals surface area contributed by atoms with Gasteiger partial charge in [0.2, 0.25) is 0 Å². The van der Waals surface area contributed by atoms with Crippen molar-refractivity contribution in [2.75, 3.05) is 0 Å². The van der Waals surface area contributed by atoms with Crippen LogP contribution in [0.2, 0.25) is 0 Å². The number of phenolic OH excluding ortho intramolecular Hbond substituents is 1. The van der Waals surface area contributed by atoms with Gasteiger partial charge in [0.25, 0.3) is 0 Å². The second-order valence-corrected chi connectivity index (χ2v) is 7.77. The third-order valence-corrected chi connectivity index (χ3v) is 5.77. The molecular formula is C21H26O. The molecule has 0 amide bonds. The van der Waals surface area contributed by atoms with E-state index in [9.17, 15) is 5.11 Å². The topological polar surface area (TPSA) is 20.2 Å². The van der Waals surface area contributed by atoms with Crippen LogP contribution in [0, 0.1) is 18.3 Å². The van der Waals surface area contributed by atoms with Crippen LogP contribution in [0.5, 0.6) is 5.75 Å². The van der Waals surface area contributed by atoms with E-state index in [4.69, 9.17) is 0 Å². The summed E-state index contributed by atoms with van der Waals surface area (Å²) in [5, 5.41) is 9.65. The lowest BCUT2D eigenvalue weighted by molar-refractivity contribution is 0.277. The first-order valence-electron chi connectivity index (χ1n) is 8.20. The minimum absolute atomic E-state index is 0.0598. The number of phenols is 1. The summed E-state index contributed by atoms with van der Waals surface area (Å²) in [6, 6.07) is 16.8. The second kappa shape index (κ2) is 5.15. The van der Waals surface area contributed by atoms with Crippen LogP contribution < -0.4 is 0 Å². The first-order chi connectivity index (χ1) is 10.3. The Hall–Kier alpha value is -1.76. The lowest BCUT2D eigenvalue weighted by Crippen LogP contribution is -2.25. The summed E-state index contributed by atoms with van der Waals surface area (Å²) in [7, 11) is 0. The van der Waals surface area contributed by atoms with E-state index in [0.29, 0.717) is 17.1 Å². The van der Waals surface area contributed by atoms with Gasteiger partial charge >= 0.3 is 0 Å². The molecule has 0 bridgehead atoms. The van der Waals surface area contributed by atoms with Crippen LogP contribution >= 0.6 is 0 Å². The zero-order valence-corrected chi connectivity index (χ0v) is 14.1. The quantitative estimate of drug-likeness (QED) is 0.781. The Morgan fingerprint density at radius 1 is 0.909 bits per heavy atom. The van der Waals surface area contributed by atoms with Crippen LogP contribution in [-0.4, -0.2) is 5.11 Å². The zero-order chi connectivity index (χ0) is 16.0. The molecule has 1 heteroatoms. The van der Waals surface area contributed by atoms with Gasteiger partial charge < -0.3 is 5.11 Å². The predicted molar refractivity (Wildman–Crippen MR) is 92.2 cm³/mol. The summed E-state index contributed by atoms with van der Waals surface area (Å²) in [5.41, 5.74) is 4.41. The number of aromatic hydroxyl groups is 1. The van der Waals surface area contributed by atoms with Crippen molar-refractivity contribution in [3.63, 3.8) is 0 Å². The summed E-state index contributed by atoms with van der Waals surface area (Å²) >= 11 is 0. The molecule has 0 radical (unpaired) electrons. The maximum atomic E-state index is 9.65. The molecule has 1 nitrogen and oxygen atoms in total. The van der Waals surface area contributed by atoms with Gasteiger partial charge in [0.15, 0.2) is 0 Å². The highest BCUT2D eigenvalue weighted by Crippen LogP contribution is 2.57. The van der Waals surface area contributed by atoms with Crippen molar-refractivity contribution in [3.05, 3.63) is 65.2 Å². The van der Waals surface area contributed by atoms with E-state index in [1.807, 2.05) is 12.1 Å². The van der Waals surface area contributed by atoms with Crippen molar-refractivity contribution in [2.24, 2.45) is 11.3 Å². The number of hydrogen-bond acceptors (Lipinski definition) is 1. The number of benzene rings is 2. The van der Waals surface area contributed by atoms with Crippen LogP contribution in [0.3, 0.4) is 0 Å². The van der Waals surface area contributed by atoms with Gasteiger partial charge in [-0.3, -0.25) is 0 Å². The third kappa shape index (κ3) is 2.43. The fraction of sp³-hybridized carbons (Fsp3) is 0.429. The number of hydrogen-bond donors (Lipinski definition) is 1. The molecule has 0 aromatic heterocycles. The fourth-order valence-corrected chi connectivity index (χ4v) is 4.08. The molecule has 3 rings (SSSR count). The highest BCUT2D eigenvalue weighted by molar-refractivity contribution is 5.44. The zero-order valence-electron chi connectivity index (χ0n) is 14.1. The standard InChI is InChI=1S/C21H26O/c1-15-5-7-17(8-6-15)21(13-16(2)20(3,4)14-21)18-9-11-19(22)12-10-18/h5-12,16,22H,13-14H2,1-4H3. The Morgan fingerprint density at radius 3 is 1.86 bits per heavy atom. The van der Waals surface area contributed by atoms with Crippen LogP contribution in [0.25, 0.3) is 0 Å². The van der Waals surface area contributed by atoms with Crippen molar-refractivity contribution < 1.29 is 5.11 Å². The van der Waals surface area contributed by atoms with Gasteiger partial charge in [-0.1, -0.05) is 62.7 Å². The van der Waals surface area contributed by atoms with Gasteiger partial charge in [-0.2, -0.15) is 0 Å². The van der Waals surface area contributed by atoms with E-state index < -0.39 is 0 Å². The first-order valence-corrected chi connectivity index (χ1v) is 8.20. The monoisotopic (exact) mass is 294 g/mol. The van der Waals surface area contributed by atoms with Gasteiger partial charge in [0.05, 0.1) is 0 Å². The fourth-order valence-electron chi connectivity index (χ4n) is 4.08. The average Bonchev–Trinajstić information content (AvgIpc) is 2.71. The molecule has 2 aromatic carbocycles. The van der Waals surface area contributed by atoms with E-state index in [1.54, 1.807) is 0 Å². The molecule has 1 fully saturated rings. The van der Waals surface area contributed by atoms with Crippen molar-refractivity contribution in [1.29, 1.82) is 0 Å². The largest absolute Gasteiger partial charge is 0.508 e. The summed E-state index contributed by atoms with van der Waals surface area (Å²) in [6.07, 6.45) is 2.31. The maximum absolute atomic E-state index is 9.65. The molecule has 0 heterocycles. The minimum atomic E-state index is 0.0598. The lowest BCUT2D eigenvalue weighted by atomic mass is 9.71. The van der Waals surface area contributed by atoms with Crippen molar-refractivity contribution >= 4 is 0 Å². The van der Waals surface area contributed by atoms with Gasteiger partial charge in [0.1, 0.15) is 5.75 Å². The van der Waals surface area contributed by atoms with Gasteiger partial charge in [-0.15, -0.1) is 0 Å². The van der Waals surface area contributed by atoms with Crippen LogP contribution in [0.1, 0.15) is 50.3 Å². The summed E-state index contributed by atoms with van der Waals surface area (Å²) in [4.78, 5) is 0. The Bertz CT molecular complexity index is 604. The van der Waals surface area contributed by atoms with E-state index in [1.165, 1.54) is 16.7 Å². The van der Waals surface area contributed by atoms with Gasteiger partial charge in [-0.05, 0) is 54.4 Å². The van der Waals surface area contributed by atoms with Crippen LogP contribution in [0.4, 0.5) is 0 Å². The van der Waals surface area contributed by atoms with Crippen molar-refractivity contribution in [2.45, 2.75) is 46.0 Å². The van der Waals surface area contributed by atoms with Crippen LogP contribution in [0.15, 0.2) is 48.5 Å². The number of aryl methyl sites for hydroxylation is 1. The van der Waals surface area contributed by atoms with E-state index in [2.05, 4.69) is 64.1 Å². The smallest absolute Gasteiger partial charge is 0.115 e. The summed E-state index contributed by atoms with van der Waals surface area (Å²) in [6.45, 7) is 9.27. The van der Waals surface area contributed by atoms with E-state index >= 15 is 0 Å². The minimum Gasteiger partial charge on any atom is -0.508 e. The molecule has 1 N–H and O–H groups in total. The van der Waals surface area contributed by atoms with Gasteiger partial charge in [-0.25, -0.2) is 0 Å². The Labute approximate surface area is 134 Å². The first kappa shape index (κ1) is 15.1. The normalized spacial score (nSPS) is 27.0. The molecular weight excluding hydrogens is 268 g/mol. The van der Waals surface area contributed by atoms with E-state index in [0.717, 1.165) is 12.8 Å². The molecule has 2 aromatic rings. The lowest BCUT2D eigenvalue weighted by Gasteiger charge is -2.32. The molecule has 1 aliphatic rings. The molecule has 0 aliphatic heterocycles. The molecule has 1 saturated carbocycles. The molecule has 0 saturated heterocycles. The SMILES string of the molecule is Cc1ccc(C2(c3ccc(O)cc3)CC(C)C(C)(C)C2)cc1. The highest BCUT2D eigenvalue weighted by atomic mass is 16.3. The predicted octanol–water partition coefficient (Wildman–Crippen LogP) is 5.44. The third-order valence-electron chi connectivity index (χ3n) is 5.77. The van der Waals surface area contributed by atoms with Crippen molar-refractivity contribution in [1.82, 2.24) is 0 Å². The highest BCUT2D eigenvalue weighted by Gasteiger charge is 2.49. The number of rotatable bonds is 2. The molecule has 1 aliphatic carbocycles. The summed E-state index contributed by atoms with van der Waals surface area (Å²) < 4.78 is 0. The molecule has 2 atom stereocenters. The average molecular weight is 294 g/mol. The molecule has 22 heavy (non-hydrogen) atoms. The van der Waals surface area contributed by atoms with Gasteiger partial charge in [0, 0.05) is 5.41 Å². The van der Waals surface area contributed by atoms with E-state index in [-0.39, 0.29) is 5.41 Å². The maximum Gasteiger partial charge on any atom is 0.115 e. The van der Waals surface area contributed by atoms with Crippen molar-refractivity contribution in [3.8, 4) is 5.75 Å². The molecule has 0 spiro atoms. The molecule has 116 valence electrons.